The first-order chi connectivity index (χ1) is 7.57. The van der Waals surface area contributed by atoms with Crippen LogP contribution in [0.25, 0.3) is 0 Å². The van der Waals surface area contributed by atoms with Crippen LogP contribution in [0.2, 0.25) is 0 Å². The Morgan fingerprint density at radius 1 is 1.00 bits per heavy atom. The first-order valence-electron chi connectivity index (χ1n) is 4.25. The van der Waals surface area contributed by atoms with E-state index in [0.717, 1.165) is 0 Å². The highest BCUT2D eigenvalue weighted by atomic mass is 19.4. The summed E-state index contributed by atoms with van der Waals surface area (Å²) in [7, 11) is 0. The van der Waals surface area contributed by atoms with E-state index < -0.39 is 41.3 Å². The minimum absolute atomic E-state index is 0.0749. The molecule has 17 heavy (non-hydrogen) atoms. The normalized spacial score (nSPS) is 12.9. The first kappa shape index (κ1) is 13.6. The number of rotatable bonds is 1. The van der Waals surface area contributed by atoms with E-state index in [-0.39, 0.29) is 6.07 Å². The quantitative estimate of drug-likeness (QED) is 0.601. The molecule has 0 saturated heterocycles. The Morgan fingerprint density at radius 3 is 1.88 bits per heavy atom. The van der Waals surface area contributed by atoms with Crippen LogP contribution in [0.1, 0.15) is 16.7 Å². The van der Waals surface area contributed by atoms with Crippen LogP contribution in [0.4, 0.5) is 32.0 Å². The van der Waals surface area contributed by atoms with E-state index in [9.17, 15) is 26.3 Å². The Bertz CT molecular complexity index is 423. The number of hydrogen-bond donors (Lipinski definition) is 2. The molecule has 0 aliphatic heterocycles. The minimum atomic E-state index is -5.00. The highest BCUT2D eigenvalue weighted by molar-refractivity contribution is 5.57. The van der Waals surface area contributed by atoms with Crippen LogP contribution in [-0.4, -0.2) is 5.11 Å². The lowest BCUT2D eigenvalue weighted by atomic mass is 10.0. The number of nitrogens with two attached hydrogens (primary N) is 1. The third kappa shape index (κ3) is 2.82. The largest absolute Gasteiger partial charge is 0.418 e. The van der Waals surface area contributed by atoms with Crippen LogP contribution in [0, 0.1) is 0 Å². The predicted octanol–water partition coefficient (Wildman–Crippen LogP) is 2.80. The lowest BCUT2D eigenvalue weighted by molar-refractivity contribution is -0.142. The second-order valence-corrected chi connectivity index (χ2v) is 3.25. The molecule has 2 nitrogen and oxygen atoms in total. The van der Waals surface area contributed by atoms with Crippen LogP contribution in [-0.2, 0) is 19.0 Å². The molecule has 0 spiro atoms. The highest BCUT2D eigenvalue weighted by Gasteiger charge is 2.38. The Labute approximate surface area is 91.7 Å². The summed E-state index contributed by atoms with van der Waals surface area (Å²) in [4.78, 5) is 0. The average Bonchev–Trinajstić information content (AvgIpc) is 2.14. The Kier molecular flexibility index (Phi) is 3.28. The van der Waals surface area contributed by atoms with Crippen molar-refractivity contribution in [2.45, 2.75) is 19.0 Å². The van der Waals surface area contributed by atoms with Gasteiger partial charge in [0.2, 0.25) is 0 Å². The number of halogens is 6. The fraction of sp³-hybridized carbons (Fsp3) is 0.333. The fourth-order valence-electron chi connectivity index (χ4n) is 1.24. The van der Waals surface area contributed by atoms with Gasteiger partial charge >= 0.3 is 12.4 Å². The summed E-state index contributed by atoms with van der Waals surface area (Å²) >= 11 is 0. The van der Waals surface area contributed by atoms with E-state index in [1.165, 1.54) is 0 Å². The number of benzene rings is 1. The van der Waals surface area contributed by atoms with Crippen LogP contribution in [0.5, 0.6) is 0 Å². The molecule has 0 saturated carbocycles. The number of aliphatic hydroxyl groups excluding tert-OH is 1. The average molecular weight is 259 g/mol. The van der Waals surface area contributed by atoms with Gasteiger partial charge in [0.05, 0.1) is 17.7 Å². The summed E-state index contributed by atoms with van der Waals surface area (Å²) in [5, 5.41) is 8.68. The number of aliphatic hydroxyl groups is 1. The van der Waals surface area contributed by atoms with Gasteiger partial charge in [-0.2, -0.15) is 26.3 Å². The minimum Gasteiger partial charge on any atom is -0.398 e. The Balaban J connectivity index is 3.50. The topological polar surface area (TPSA) is 46.2 Å². The van der Waals surface area contributed by atoms with Crippen molar-refractivity contribution in [2.75, 3.05) is 5.73 Å². The lowest BCUT2D eigenvalue weighted by Gasteiger charge is -2.16. The van der Waals surface area contributed by atoms with Crippen molar-refractivity contribution < 1.29 is 31.4 Å². The van der Waals surface area contributed by atoms with Gasteiger partial charge in [-0.3, -0.25) is 0 Å². The molecule has 0 bridgehead atoms. The van der Waals surface area contributed by atoms with Gasteiger partial charge in [0, 0.05) is 11.3 Å². The number of hydrogen-bond acceptors (Lipinski definition) is 2. The highest BCUT2D eigenvalue weighted by Crippen LogP contribution is 2.40. The van der Waals surface area contributed by atoms with Crippen molar-refractivity contribution in [1.29, 1.82) is 0 Å². The SMILES string of the molecule is Nc1c(CO)cc(C(F)(F)F)cc1C(F)(F)F. The summed E-state index contributed by atoms with van der Waals surface area (Å²) < 4.78 is 74.2. The molecular weight excluding hydrogens is 252 g/mol. The van der Waals surface area contributed by atoms with Gasteiger partial charge < -0.3 is 10.8 Å². The van der Waals surface area contributed by atoms with Crippen molar-refractivity contribution >= 4 is 5.69 Å². The van der Waals surface area contributed by atoms with Crippen LogP contribution in [0.15, 0.2) is 12.1 Å². The summed E-state index contributed by atoms with van der Waals surface area (Å²) in [5.41, 5.74) is 0.447. The van der Waals surface area contributed by atoms with E-state index in [1.54, 1.807) is 0 Å². The maximum atomic E-state index is 12.4. The van der Waals surface area contributed by atoms with Crippen LogP contribution in [0.3, 0.4) is 0 Å². The number of anilines is 1. The first-order valence-corrected chi connectivity index (χ1v) is 4.25. The van der Waals surface area contributed by atoms with Gasteiger partial charge in [0.25, 0.3) is 0 Å². The standard InChI is InChI=1S/C9H7F6NO/c10-8(11,12)5-1-4(3-17)7(16)6(2-5)9(13,14)15/h1-2,17H,3,16H2. The van der Waals surface area contributed by atoms with Crippen LogP contribution >= 0.6 is 0 Å². The Hall–Kier alpha value is -1.44. The zero-order chi connectivity index (χ0) is 13.4. The van der Waals surface area contributed by atoms with E-state index in [1.807, 2.05) is 0 Å². The summed E-state index contributed by atoms with van der Waals surface area (Å²) in [6.07, 6.45) is -9.94. The summed E-state index contributed by atoms with van der Waals surface area (Å²) in [6, 6.07) is 0.319. The van der Waals surface area contributed by atoms with Crippen LogP contribution < -0.4 is 5.73 Å². The second kappa shape index (κ2) is 4.10. The molecule has 0 radical (unpaired) electrons. The molecule has 0 aliphatic carbocycles. The molecule has 0 heterocycles. The predicted molar refractivity (Wildman–Crippen MR) is 46.8 cm³/mol. The molecule has 0 unspecified atom stereocenters. The van der Waals surface area contributed by atoms with Gasteiger partial charge in [0.1, 0.15) is 0 Å². The molecule has 1 aromatic rings. The molecule has 0 aliphatic rings. The van der Waals surface area contributed by atoms with Crippen molar-refractivity contribution in [3.05, 3.63) is 28.8 Å². The van der Waals surface area contributed by atoms with Gasteiger partial charge in [-0.05, 0) is 12.1 Å². The van der Waals surface area contributed by atoms with Gasteiger partial charge in [-0.15, -0.1) is 0 Å². The van der Waals surface area contributed by atoms with Gasteiger partial charge in [-0.25, -0.2) is 0 Å². The summed E-state index contributed by atoms with van der Waals surface area (Å²) in [5.74, 6) is 0. The van der Waals surface area contributed by atoms with Gasteiger partial charge in [-0.1, -0.05) is 0 Å². The molecule has 0 aromatic heterocycles. The molecule has 96 valence electrons. The molecular formula is C9H7F6NO. The van der Waals surface area contributed by atoms with Gasteiger partial charge in [0.15, 0.2) is 0 Å². The maximum absolute atomic E-state index is 12.4. The van der Waals surface area contributed by atoms with E-state index in [2.05, 4.69) is 0 Å². The monoisotopic (exact) mass is 259 g/mol. The van der Waals surface area contributed by atoms with E-state index in [0.29, 0.717) is 6.07 Å². The van der Waals surface area contributed by atoms with Crippen molar-refractivity contribution in [1.82, 2.24) is 0 Å². The lowest BCUT2D eigenvalue weighted by Crippen LogP contribution is -2.15. The van der Waals surface area contributed by atoms with E-state index in [4.69, 9.17) is 10.8 Å². The zero-order valence-corrected chi connectivity index (χ0v) is 8.15. The summed E-state index contributed by atoms with van der Waals surface area (Å²) in [6.45, 7) is -1.00. The molecule has 1 rings (SSSR count). The molecule has 1 aromatic carbocycles. The zero-order valence-electron chi connectivity index (χ0n) is 8.15. The molecule has 3 N–H and O–H groups in total. The molecule has 8 heteroatoms. The third-order valence-corrected chi connectivity index (χ3v) is 2.07. The van der Waals surface area contributed by atoms with E-state index >= 15 is 0 Å². The third-order valence-electron chi connectivity index (χ3n) is 2.07. The number of alkyl halides is 6. The maximum Gasteiger partial charge on any atom is 0.418 e. The smallest absolute Gasteiger partial charge is 0.398 e. The molecule has 0 amide bonds. The second-order valence-electron chi connectivity index (χ2n) is 3.25. The fourth-order valence-corrected chi connectivity index (χ4v) is 1.24. The molecule has 0 atom stereocenters. The van der Waals surface area contributed by atoms with Crippen molar-refractivity contribution in [3.8, 4) is 0 Å². The molecule has 0 fully saturated rings. The Morgan fingerprint density at radius 2 is 1.53 bits per heavy atom. The van der Waals surface area contributed by atoms with Crippen molar-refractivity contribution in [2.24, 2.45) is 0 Å². The van der Waals surface area contributed by atoms with Crippen molar-refractivity contribution in [3.63, 3.8) is 0 Å². The number of nitrogen functional groups attached to an aromatic ring is 1.